The minimum Gasteiger partial charge on any atom is -0.497 e. The minimum atomic E-state index is -0.246. The zero-order chi connectivity index (χ0) is 32.9. The largest absolute Gasteiger partial charge is 0.497 e. The number of benzene rings is 3. The van der Waals surface area contributed by atoms with Gasteiger partial charge in [0.05, 0.1) is 36.4 Å². The van der Waals surface area contributed by atoms with Gasteiger partial charge < -0.3 is 14.4 Å². The summed E-state index contributed by atoms with van der Waals surface area (Å²) in [6, 6.07) is 30.0. The Hall–Kier alpha value is -5.51. The first-order chi connectivity index (χ1) is 22.8. The lowest BCUT2D eigenvalue weighted by molar-refractivity contribution is 0.415. The molecule has 3 aromatic heterocycles. The molecule has 3 heterocycles. The molecule has 0 atom stereocenters. The predicted octanol–water partition coefficient (Wildman–Crippen LogP) is 9.60. The van der Waals surface area contributed by atoms with Gasteiger partial charge in [-0.1, -0.05) is 26.0 Å². The number of aromatic nitrogens is 2. The number of nitriles is 3. The Labute approximate surface area is 283 Å². The number of hydrogen-bond donors (Lipinski definition) is 0. The first-order valence-corrected chi connectivity index (χ1v) is 16.8. The maximum Gasteiger partial charge on any atom is 0.148 e. The fourth-order valence-electron chi connectivity index (χ4n) is 5.94. The van der Waals surface area contributed by atoms with Crippen molar-refractivity contribution in [3.63, 3.8) is 0 Å². The highest BCUT2D eigenvalue weighted by molar-refractivity contribution is 7.26. The lowest BCUT2D eigenvalue weighted by Gasteiger charge is -2.25. The zero-order valence-electron chi connectivity index (χ0n) is 25.7. The van der Waals surface area contributed by atoms with Crippen LogP contribution in [0.25, 0.3) is 36.8 Å². The summed E-state index contributed by atoms with van der Waals surface area (Å²) >= 11 is 4.52. The first kappa shape index (κ1) is 30.2. The molecule has 0 saturated carbocycles. The summed E-state index contributed by atoms with van der Waals surface area (Å²) in [5, 5.41) is 29.7. The Balaban J connectivity index is 1.34. The number of hydrogen-bond acceptors (Lipinski definition) is 11. The van der Waals surface area contributed by atoms with Crippen molar-refractivity contribution in [3.05, 3.63) is 95.1 Å². The van der Waals surface area contributed by atoms with E-state index in [1.807, 2.05) is 48.5 Å². The van der Waals surface area contributed by atoms with Gasteiger partial charge in [-0.05, 0) is 71.8 Å². The van der Waals surface area contributed by atoms with Crippen molar-refractivity contribution in [1.82, 2.24) is 8.75 Å². The second-order valence-corrected chi connectivity index (χ2v) is 13.9. The number of rotatable bonds is 7. The van der Waals surface area contributed by atoms with Gasteiger partial charge in [0.15, 0.2) is 0 Å². The molecular formula is C36H24N6O2S3. The Morgan fingerprint density at radius 3 is 1.87 bits per heavy atom. The molecule has 0 saturated heterocycles. The van der Waals surface area contributed by atoms with Crippen molar-refractivity contribution in [2.24, 2.45) is 0 Å². The molecule has 0 aliphatic heterocycles. The molecule has 47 heavy (non-hydrogen) atoms. The van der Waals surface area contributed by atoms with Gasteiger partial charge in [0.1, 0.15) is 51.3 Å². The monoisotopic (exact) mass is 668 g/mol. The van der Waals surface area contributed by atoms with E-state index in [0.29, 0.717) is 16.6 Å². The molecule has 0 amide bonds. The summed E-state index contributed by atoms with van der Waals surface area (Å²) in [6.07, 6.45) is 0. The molecule has 7 rings (SSSR count). The molecule has 0 unspecified atom stereocenters. The van der Waals surface area contributed by atoms with Gasteiger partial charge in [-0.2, -0.15) is 24.5 Å². The van der Waals surface area contributed by atoms with Gasteiger partial charge in [-0.15, -0.1) is 22.7 Å². The van der Waals surface area contributed by atoms with Crippen molar-refractivity contribution >= 4 is 67.4 Å². The van der Waals surface area contributed by atoms with E-state index in [-0.39, 0.29) is 16.6 Å². The average Bonchev–Trinajstić information content (AvgIpc) is 3.89. The highest BCUT2D eigenvalue weighted by atomic mass is 32.1. The summed E-state index contributed by atoms with van der Waals surface area (Å²) in [5.74, 6) is 1.59. The number of anilines is 3. The summed E-state index contributed by atoms with van der Waals surface area (Å²) in [5.41, 5.74) is 6.55. The second kappa shape index (κ2) is 11.7. The molecule has 0 spiro atoms. The average molecular weight is 669 g/mol. The van der Waals surface area contributed by atoms with Gasteiger partial charge >= 0.3 is 0 Å². The van der Waals surface area contributed by atoms with Crippen LogP contribution in [0.4, 0.5) is 16.4 Å². The van der Waals surface area contributed by atoms with E-state index in [9.17, 15) is 15.8 Å². The van der Waals surface area contributed by atoms with E-state index in [2.05, 4.69) is 63.9 Å². The zero-order valence-corrected chi connectivity index (χ0v) is 28.1. The van der Waals surface area contributed by atoms with Gasteiger partial charge in [0.25, 0.3) is 0 Å². The maximum absolute atomic E-state index is 9.79. The van der Waals surface area contributed by atoms with E-state index in [1.54, 1.807) is 43.0 Å². The van der Waals surface area contributed by atoms with Crippen LogP contribution in [-0.4, -0.2) is 23.0 Å². The van der Waals surface area contributed by atoms with Crippen LogP contribution in [-0.2, 0) is 5.41 Å². The van der Waals surface area contributed by atoms with Crippen LogP contribution in [0.5, 0.6) is 11.5 Å². The van der Waals surface area contributed by atoms with Crippen LogP contribution in [0.2, 0.25) is 0 Å². The Kier molecular flexibility index (Phi) is 7.50. The quantitative estimate of drug-likeness (QED) is 0.154. The normalized spacial score (nSPS) is 12.4. The minimum absolute atomic E-state index is 0.00286. The third-order valence-corrected chi connectivity index (χ3v) is 11.4. The smallest absolute Gasteiger partial charge is 0.148 e. The highest BCUT2D eigenvalue weighted by Crippen LogP contribution is 2.59. The van der Waals surface area contributed by atoms with Crippen LogP contribution in [0.15, 0.2) is 78.4 Å². The summed E-state index contributed by atoms with van der Waals surface area (Å²) in [4.78, 5) is 5.75. The summed E-state index contributed by atoms with van der Waals surface area (Å²) in [6.45, 7) is 4.52. The van der Waals surface area contributed by atoms with Gasteiger partial charge in [-0.25, -0.2) is 0 Å². The molecule has 6 aromatic rings. The van der Waals surface area contributed by atoms with Gasteiger partial charge in [0.2, 0.25) is 0 Å². The van der Waals surface area contributed by atoms with Crippen LogP contribution in [0.3, 0.4) is 0 Å². The second-order valence-electron chi connectivity index (χ2n) is 11.2. The molecular weight excluding hydrogens is 645 g/mol. The predicted molar refractivity (Wildman–Crippen MR) is 188 cm³/mol. The lowest BCUT2D eigenvalue weighted by Crippen LogP contribution is -2.14. The van der Waals surface area contributed by atoms with Crippen molar-refractivity contribution < 1.29 is 9.47 Å². The van der Waals surface area contributed by atoms with Gasteiger partial charge in [0, 0.05) is 37.7 Å². The van der Waals surface area contributed by atoms with Crippen molar-refractivity contribution in [2.75, 3.05) is 19.1 Å². The van der Waals surface area contributed by atoms with E-state index in [1.165, 1.54) is 20.9 Å². The van der Waals surface area contributed by atoms with Crippen LogP contribution in [0, 0.1) is 34.0 Å². The molecule has 0 bridgehead atoms. The van der Waals surface area contributed by atoms with Crippen LogP contribution in [0.1, 0.15) is 30.5 Å². The van der Waals surface area contributed by atoms with E-state index in [0.717, 1.165) is 50.0 Å². The Morgan fingerprint density at radius 2 is 1.30 bits per heavy atom. The molecule has 0 radical (unpaired) electrons. The first-order valence-electron chi connectivity index (χ1n) is 14.4. The standard InChI is InChI=1S/C36H24N6O2S3/c1-36(2)28-15-30(26-14-13-25(32-33(26)41-47-40-32)27(19-39)20(17-37)18-38)45-34(28)35-29(36)16-31(46-35)42(21-5-9-23(43-3)10-6-21)22-7-11-24(44-4)12-8-22/h5-16H,1-4H3. The molecule has 1 aliphatic carbocycles. The third kappa shape index (κ3) is 4.83. The van der Waals surface area contributed by atoms with Crippen molar-refractivity contribution in [2.45, 2.75) is 19.3 Å². The number of ether oxygens (including phenoxy) is 2. The molecule has 0 N–H and O–H groups in total. The Bertz CT molecular complexity index is 2280. The van der Waals surface area contributed by atoms with E-state index < -0.39 is 0 Å². The number of methoxy groups -OCH3 is 2. The molecule has 11 heteroatoms. The fraction of sp³-hybridized carbons (Fsp3) is 0.139. The number of fused-ring (bicyclic) bond motifs is 4. The molecule has 228 valence electrons. The van der Waals surface area contributed by atoms with Crippen LogP contribution >= 0.6 is 34.4 Å². The van der Waals surface area contributed by atoms with Crippen molar-refractivity contribution in [3.8, 4) is 49.9 Å². The van der Waals surface area contributed by atoms with E-state index >= 15 is 0 Å². The molecule has 1 aliphatic rings. The molecule has 8 nitrogen and oxygen atoms in total. The maximum atomic E-state index is 9.79. The fourth-order valence-corrected chi connectivity index (χ4v) is 9.38. The number of nitrogens with zero attached hydrogens (tertiary/aromatic N) is 6. The summed E-state index contributed by atoms with van der Waals surface area (Å²) in [7, 11) is 3.33. The SMILES string of the molecule is COc1ccc(N(c2ccc(OC)cc2)c2cc3c(s2)-c2sc(-c4ccc(C(C#N)=C(C#N)C#N)c5nsnc45)cc2C3(C)C)cc1. The van der Waals surface area contributed by atoms with E-state index in [4.69, 9.17) is 9.47 Å². The highest BCUT2D eigenvalue weighted by Gasteiger charge is 2.40. The number of thiophene rings is 2. The Morgan fingerprint density at radius 1 is 0.723 bits per heavy atom. The van der Waals surface area contributed by atoms with Crippen molar-refractivity contribution in [1.29, 1.82) is 15.8 Å². The summed E-state index contributed by atoms with van der Waals surface area (Å²) < 4.78 is 19.9. The number of allylic oxidation sites excluding steroid dienone is 2. The topological polar surface area (TPSA) is 119 Å². The van der Waals surface area contributed by atoms with Crippen LogP contribution < -0.4 is 14.4 Å². The third-order valence-electron chi connectivity index (χ3n) is 8.42. The molecule has 3 aromatic carbocycles. The lowest BCUT2D eigenvalue weighted by atomic mass is 9.83. The molecule has 0 fully saturated rings. The van der Waals surface area contributed by atoms with Gasteiger partial charge in [-0.3, -0.25) is 0 Å².